The predicted octanol–water partition coefficient (Wildman–Crippen LogP) is 0.531. The van der Waals surface area contributed by atoms with Crippen LogP contribution in [0.25, 0.3) is 0 Å². The Morgan fingerprint density at radius 2 is 2.33 bits per heavy atom. The SMILES string of the molecule is Cc1ccc(NC(N)=NCCO)nc1.Cl. The maximum atomic E-state index is 8.51. The van der Waals surface area contributed by atoms with Gasteiger partial charge in [0.2, 0.25) is 0 Å². The van der Waals surface area contributed by atoms with Crippen LogP contribution in [0.3, 0.4) is 0 Å². The fraction of sp³-hybridized carbons (Fsp3) is 0.333. The number of hydrogen-bond donors (Lipinski definition) is 3. The van der Waals surface area contributed by atoms with Gasteiger partial charge in [-0.05, 0) is 18.6 Å². The van der Waals surface area contributed by atoms with Gasteiger partial charge in [-0.3, -0.25) is 4.99 Å². The molecule has 1 heterocycles. The largest absolute Gasteiger partial charge is 0.394 e. The number of aryl methyl sites for hydroxylation is 1. The molecule has 5 nitrogen and oxygen atoms in total. The van der Waals surface area contributed by atoms with Crippen molar-refractivity contribution in [2.24, 2.45) is 10.7 Å². The number of halogens is 1. The topological polar surface area (TPSA) is 83.5 Å². The molecule has 0 saturated carbocycles. The van der Waals surface area contributed by atoms with Crippen LogP contribution in [-0.4, -0.2) is 29.2 Å². The Kier molecular flexibility index (Phi) is 6.40. The second-order valence-electron chi connectivity index (χ2n) is 2.84. The first kappa shape index (κ1) is 13.7. The summed E-state index contributed by atoms with van der Waals surface area (Å²) in [5, 5.41) is 11.3. The average Bonchev–Trinajstić information content (AvgIpc) is 2.18. The fourth-order valence-electron chi connectivity index (χ4n) is 0.883. The van der Waals surface area contributed by atoms with Crippen molar-refractivity contribution in [2.45, 2.75) is 6.92 Å². The summed E-state index contributed by atoms with van der Waals surface area (Å²) < 4.78 is 0. The third-order valence-electron chi connectivity index (χ3n) is 1.55. The summed E-state index contributed by atoms with van der Waals surface area (Å²) in [6.07, 6.45) is 1.74. The number of nitrogens with zero attached hydrogens (tertiary/aromatic N) is 2. The molecule has 0 saturated heterocycles. The van der Waals surface area contributed by atoms with E-state index in [1.807, 2.05) is 19.1 Å². The number of aromatic nitrogens is 1. The summed E-state index contributed by atoms with van der Waals surface area (Å²) in [6, 6.07) is 3.74. The van der Waals surface area contributed by atoms with Crippen molar-refractivity contribution < 1.29 is 5.11 Å². The van der Waals surface area contributed by atoms with Crippen LogP contribution in [0.4, 0.5) is 5.82 Å². The highest BCUT2D eigenvalue weighted by Gasteiger charge is 1.94. The average molecular weight is 231 g/mol. The molecular weight excluding hydrogens is 216 g/mol. The molecule has 0 unspecified atom stereocenters. The van der Waals surface area contributed by atoms with Gasteiger partial charge >= 0.3 is 0 Å². The van der Waals surface area contributed by atoms with Crippen molar-refractivity contribution in [1.82, 2.24) is 4.98 Å². The van der Waals surface area contributed by atoms with E-state index in [9.17, 15) is 0 Å². The van der Waals surface area contributed by atoms with Crippen LogP contribution in [0.2, 0.25) is 0 Å². The van der Waals surface area contributed by atoms with E-state index in [2.05, 4.69) is 15.3 Å². The van der Waals surface area contributed by atoms with Crippen LogP contribution in [0, 0.1) is 6.92 Å². The second kappa shape index (κ2) is 7.03. The molecule has 0 bridgehead atoms. The van der Waals surface area contributed by atoms with Crippen LogP contribution in [0.15, 0.2) is 23.3 Å². The highest BCUT2D eigenvalue weighted by atomic mass is 35.5. The number of anilines is 1. The third-order valence-corrected chi connectivity index (χ3v) is 1.55. The summed E-state index contributed by atoms with van der Waals surface area (Å²) in [5.41, 5.74) is 6.60. The van der Waals surface area contributed by atoms with Crippen LogP contribution >= 0.6 is 12.4 Å². The minimum Gasteiger partial charge on any atom is -0.394 e. The molecular formula is C9H15ClN4O. The van der Waals surface area contributed by atoms with Crippen molar-refractivity contribution in [3.8, 4) is 0 Å². The standard InChI is InChI=1S/C9H14N4O.ClH/c1-7-2-3-8(12-6-7)13-9(10)11-4-5-14;/h2-3,6,14H,4-5H2,1H3,(H3,10,11,12,13);1H. The molecule has 0 aromatic carbocycles. The number of aliphatic hydroxyl groups is 1. The van der Waals surface area contributed by atoms with E-state index in [-0.39, 0.29) is 25.0 Å². The number of guanidine groups is 1. The number of aliphatic imine (C=N–C) groups is 1. The molecule has 0 fully saturated rings. The summed E-state index contributed by atoms with van der Waals surface area (Å²) in [4.78, 5) is 7.95. The van der Waals surface area contributed by atoms with Crippen LogP contribution in [-0.2, 0) is 0 Å². The van der Waals surface area contributed by atoms with Crippen molar-refractivity contribution in [3.05, 3.63) is 23.9 Å². The molecule has 1 aromatic heterocycles. The number of nitrogens with one attached hydrogen (secondary N) is 1. The monoisotopic (exact) mass is 230 g/mol. The zero-order chi connectivity index (χ0) is 10.4. The van der Waals surface area contributed by atoms with Gasteiger partial charge in [-0.15, -0.1) is 12.4 Å². The lowest BCUT2D eigenvalue weighted by molar-refractivity contribution is 0.307. The van der Waals surface area contributed by atoms with E-state index >= 15 is 0 Å². The number of nitrogens with two attached hydrogens (primary N) is 1. The van der Waals surface area contributed by atoms with Gasteiger partial charge in [0.15, 0.2) is 5.96 Å². The zero-order valence-corrected chi connectivity index (χ0v) is 9.29. The molecule has 0 aliphatic rings. The molecule has 4 N–H and O–H groups in total. The van der Waals surface area contributed by atoms with Gasteiger partial charge < -0.3 is 16.2 Å². The molecule has 1 aromatic rings. The quantitative estimate of drug-likeness (QED) is 0.523. The van der Waals surface area contributed by atoms with Crippen LogP contribution in [0.1, 0.15) is 5.56 Å². The van der Waals surface area contributed by atoms with Gasteiger partial charge in [-0.2, -0.15) is 0 Å². The molecule has 6 heteroatoms. The Hall–Kier alpha value is -1.33. The smallest absolute Gasteiger partial charge is 0.194 e. The molecule has 15 heavy (non-hydrogen) atoms. The van der Waals surface area contributed by atoms with Gasteiger partial charge in [0.1, 0.15) is 5.82 Å². The summed E-state index contributed by atoms with van der Waals surface area (Å²) >= 11 is 0. The molecule has 84 valence electrons. The molecule has 0 aliphatic carbocycles. The first-order chi connectivity index (χ1) is 6.72. The van der Waals surface area contributed by atoms with E-state index in [1.165, 1.54) is 0 Å². The summed E-state index contributed by atoms with van der Waals surface area (Å²) in [5.74, 6) is 0.908. The van der Waals surface area contributed by atoms with Gasteiger partial charge in [0.05, 0.1) is 13.2 Å². The van der Waals surface area contributed by atoms with Crippen molar-refractivity contribution in [2.75, 3.05) is 18.5 Å². The lowest BCUT2D eigenvalue weighted by atomic mass is 10.3. The minimum atomic E-state index is -0.0102. The van der Waals surface area contributed by atoms with Crippen molar-refractivity contribution >= 4 is 24.2 Å². The number of hydrogen-bond acceptors (Lipinski definition) is 3. The number of aliphatic hydroxyl groups excluding tert-OH is 1. The third kappa shape index (κ3) is 5.19. The molecule has 0 spiro atoms. The maximum absolute atomic E-state index is 8.51. The van der Waals surface area contributed by atoms with E-state index < -0.39 is 0 Å². The van der Waals surface area contributed by atoms with Gasteiger partial charge in [0, 0.05) is 6.20 Å². The first-order valence-electron chi connectivity index (χ1n) is 4.33. The number of rotatable bonds is 3. The van der Waals surface area contributed by atoms with Crippen molar-refractivity contribution in [3.63, 3.8) is 0 Å². The normalized spacial score (nSPS) is 10.7. The highest BCUT2D eigenvalue weighted by molar-refractivity contribution is 5.91. The highest BCUT2D eigenvalue weighted by Crippen LogP contribution is 2.02. The lowest BCUT2D eigenvalue weighted by Gasteiger charge is -2.03. The molecule has 0 atom stereocenters. The van der Waals surface area contributed by atoms with E-state index in [0.29, 0.717) is 12.4 Å². The lowest BCUT2D eigenvalue weighted by Crippen LogP contribution is -2.23. The zero-order valence-electron chi connectivity index (χ0n) is 8.47. The Morgan fingerprint density at radius 3 is 2.87 bits per heavy atom. The van der Waals surface area contributed by atoms with E-state index in [0.717, 1.165) is 5.56 Å². The number of pyridine rings is 1. The fourth-order valence-corrected chi connectivity index (χ4v) is 0.883. The Labute approximate surface area is 94.8 Å². The predicted molar refractivity (Wildman–Crippen MR) is 63.4 cm³/mol. The maximum Gasteiger partial charge on any atom is 0.194 e. The van der Waals surface area contributed by atoms with Gasteiger partial charge in [0.25, 0.3) is 0 Å². The Balaban J connectivity index is 0.00000196. The molecule has 0 aliphatic heterocycles. The van der Waals surface area contributed by atoms with Crippen LogP contribution in [0.5, 0.6) is 0 Å². The molecule has 1 rings (SSSR count). The Bertz CT molecular complexity index is 312. The summed E-state index contributed by atoms with van der Waals surface area (Å²) in [7, 11) is 0. The minimum absolute atomic E-state index is 0. The molecule has 0 radical (unpaired) electrons. The van der Waals surface area contributed by atoms with E-state index in [4.69, 9.17) is 10.8 Å². The molecule has 0 amide bonds. The Morgan fingerprint density at radius 1 is 1.60 bits per heavy atom. The second-order valence-corrected chi connectivity index (χ2v) is 2.84. The van der Waals surface area contributed by atoms with Crippen LogP contribution < -0.4 is 11.1 Å². The van der Waals surface area contributed by atoms with Gasteiger partial charge in [-0.1, -0.05) is 6.07 Å². The van der Waals surface area contributed by atoms with E-state index in [1.54, 1.807) is 6.20 Å². The first-order valence-corrected chi connectivity index (χ1v) is 4.33. The van der Waals surface area contributed by atoms with Crippen molar-refractivity contribution in [1.29, 1.82) is 0 Å². The summed E-state index contributed by atoms with van der Waals surface area (Å²) in [6.45, 7) is 2.24. The van der Waals surface area contributed by atoms with Gasteiger partial charge in [-0.25, -0.2) is 4.98 Å².